The van der Waals surface area contributed by atoms with Crippen LogP contribution in [-0.2, 0) is 6.42 Å². The van der Waals surface area contributed by atoms with Gasteiger partial charge in [-0.1, -0.05) is 6.92 Å². The summed E-state index contributed by atoms with van der Waals surface area (Å²) in [5, 5.41) is 7.91. The third-order valence-corrected chi connectivity index (χ3v) is 2.43. The van der Waals surface area contributed by atoms with Crippen LogP contribution in [0.3, 0.4) is 0 Å². The number of nitrogens with zero attached hydrogens (tertiary/aromatic N) is 3. The average molecular weight is 218 g/mol. The quantitative estimate of drug-likeness (QED) is 0.791. The van der Waals surface area contributed by atoms with Gasteiger partial charge in [-0.05, 0) is 18.2 Å². The molecule has 0 aliphatic heterocycles. The summed E-state index contributed by atoms with van der Waals surface area (Å²) < 4.78 is 7.02. The Morgan fingerprint density at radius 1 is 1.44 bits per heavy atom. The lowest BCUT2D eigenvalue weighted by Crippen LogP contribution is -2.00. The minimum atomic E-state index is 0.607. The number of hydrogen-bond donors (Lipinski definition) is 1. The number of aryl methyl sites for hydroxylation is 1. The lowest BCUT2D eigenvalue weighted by atomic mass is 10.2. The summed E-state index contributed by atoms with van der Waals surface area (Å²) in [5.41, 5.74) is 7.40. The Labute approximate surface area is 93.9 Å². The molecule has 84 valence electrons. The molecular formula is C11H14N4O. The second-order valence-electron chi connectivity index (χ2n) is 3.40. The van der Waals surface area contributed by atoms with Crippen LogP contribution in [0.4, 0.5) is 5.69 Å². The lowest BCUT2D eigenvalue weighted by Gasteiger charge is -2.08. The number of aromatic nitrogens is 3. The van der Waals surface area contributed by atoms with Crippen LogP contribution in [0.15, 0.2) is 24.5 Å². The van der Waals surface area contributed by atoms with E-state index in [4.69, 9.17) is 10.5 Å². The molecule has 0 saturated carbocycles. The summed E-state index contributed by atoms with van der Waals surface area (Å²) in [5.74, 6) is 1.58. The van der Waals surface area contributed by atoms with Crippen LogP contribution in [0.2, 0.25) is 0 Å². The number of nitrogen functional groups attached to an aromatic ring is 1. The molecule has 5 nitrogen and oxygen atoms in total. The molecule has 2 rings (SSSR count). The van der Waals surface area contributed by atoms with Crippen molar-refractivity contribution in [3.8, 4) is 11.4 Å². The van der Waals surface area contributed by atoms with Crippen LogP contribution in [0, 0.1) is 0 Å². The van der Waals surface area contributed by atoms with E-state index in [-0.39, 0.29) is 0 Å². The Hall–Kier alpha value is -2.04. The van der Waals surface area contributed by atoms with Gasteiger partial charge in [-0.3, -0.25) is 4.57 Å². The fraction of sp³-hybridized carbons (Fsp3) is 0.273. The molecule has 0 bridgehead atoms. The van der Waals surface area contributed by atoms with Crippen molar-refractivity contribution in [3.05, 3.63) is 30.4 Å². The second kappa shape index (κ2) is 4.22. The molecular weight excluding hydrogens is 204 g/mol. The van der Waals surface area contributed by atoms with Crippen LogP contribution < -0.4 is 10.5 Å². The molecule has 16 heavy (non-hydrogen) atoms. The molecule has 1 heterocycles. The van der Waals surface area contributed by atoms with Crippen LogP contribution in [-0.4, -0.2) is 21.9 Å². The number of anilines is 1. The SMILES string of the molecule is CCc1nncn1-c1ccc(OC)c(N)c1. The average Bonchev–Trinajstić information content (AvgIpc) is 2.77. The number of nitrogens with two attached hydrogens (primary N) is 1. The van der Waals surface area contributed by atoms with Crippen molar-refractivity contribution in [1.82, 2.24) is 14.8 Å². The van der Waals surface area contributed by atoms with E-state index in [1.165, 1.54) is 0 Å². The Morgan fingerprint density at radius 3 is 2.88 bits per heavy atom. The highest BCUT2D eigenvalue weighted by atomic mass is 16.5. The summed E-state index contributed by atoms with van der Waals surface area (Å²) >= 11 is 0. The van der Waals surface area contributed by atoms with Crippen molar-refractivity contribution in [1.29, 1.82) is 0 Å². The van der Waals surface area contributed by atoms with E-state index in [9.17, 15) is 0 Å². The van der Waals surface area contributed by atoms with Crippen molar-refractivity contribution < 1.29 is 4.74 Å². The van der Waals surface area contributed by atoms with Crippen molar-refractivity contribution in [2.24, 2.45) is 0 Å². The number of rotatable bonds is 3. The van der Waals surface area contributed by atoms with Crippen molar-refractivity contribution in [2.75, 3.05) is 12.8 Å². The molecule has 0 amide bonds. The lowest BCUT2D eigenvalue weighted by molar-refractivity contribution is 0.417. The first-order valence-electron chi connectivity index (χ1n) is 5.09. The molecule has 0 spiro atoms. The summed E-state index contributed by atoms with van der Waals surface area (Å²) in [6, 6.07) is 5.61. The fourth-order valence-corrected chi connectivity index (χ4v) is 1.59. The smallest absolute Gasteiger partial charge is 0.141 e. The van der Waals surface area contributed by atoms with Gasteiger partial charge in [-0.25, -0.2) is 0 Å². The molecule has 0 fully saturated rings. The van der Waals surface area contributed by atoms with E-state index < -0.39 is 0 Å². The van der Waals surface area contributed by atoms with E-state index in [1.54, 1.807) is 13.4 Å². The highest BCUT2D eigenvalue weighted by molar-refractivity contribution is 5.58. The minimum Gasteiger partial charge on any atom is -0.495 e. The third kappa shape index (κ3) is 1.71. The first kappa shape index (κ1) is 10.5. The van der Waals surface area contributed by atoms with E-state index in [2.05, 4.69) is 10.2 Å². The monoisotopic (exact) mass is 218 g/mol. The maximum atomic E-state index is 5.85. The van der Waals surface area contributed by atoms with Crippen LogP contribution in [0.5, 0.6) is 5.75 Å². The van der Waals surface area contributed by atoms with E-state index in [0.29, 0.717) is 11.4 Å². The minimum absolute atomic E-state index is 0.607. The molecule has 2 N–H and O–H groups in total. The van der Waals surface area contributed by atoms with Gasteiger partial charge in [-0.15, -0.1) is 10.2 Å². The first-order chi connectivity index (χ1) is 7.76. The van der Waals surface area contributed by atoms with Gasteiger partial charge in [0, 0.05) is 6.42 Å². The van der Waals surface area contributed by atoms with Gasteiger partial charge >= 0.3 is 0 Å². The largest absolute Gasteiger partial charge is 0.495 e. The van der Waals surface area contributed by atoms with Crippen molar-refractivity contribution >= 4 is 5.69 Å². The van der Waals surface area contributed by atoms with Gasteiger partial charge in [0.05, 0.1) is 18.5 Å². The van der Waals surface area contributed by atoms with E-state index in [0.717, 1.165) is 17.9 Å². The number of hydrogen-bond acceptors (Lipinski definition) is 4. The van der Waals surface area contributed by atoms with E-state index >= 15 is 0 Å². The molecule has 2 aromatic rings. The number of methoxy groups -OCH3 is 1. The van der Waals surface area contributed by atoms with Crippen molar-refractivity contribution in [2.45, 2.75) is 13.3 Å². The standard InChI is InChI=1S/C11H14N4O/c1-3-11-14-13-7-15(11)8-4-5-10(16-2)9(12)6-8/h4-7H,3,12H2,1-2H3. The van der Waals surface area contributed by atoms with Gasteiger partial charge in [0.15, 0.2) is 0 Å². The van der Waals surface area contributed by atoms with Crippen LogP contribution in [0.25, 0.3) is 5.69 Å². The normalized spacial score (nSPS) is 10.4. The van der Waals surface area contributed by atoms with Crippen LogP contribution >= 0.6 is 0 Å². The Kier molecular flexibility index (Phi) is 2.76. The Balaban J connectivity index is 2.45. The highest BCUT2D eigenvalue weighted by Gasteiger charge is 2.06. The van der Waals surface area contributed by atoms with E-state index in [1.807, 2.05) is 29.7 Å². The predicted octanol–water partition coefficient (Wildman–Crippen LogP) is 1.42. The molecule has 0 saturated heterocycles. The van der Waals surface area contributed by atoms with Gasteiger partial charge in [0.25, 0.3) is 0 Å². The first-order valence-corrected chi connectivity index (χ1v) is 5.09. The molecule has 0 aliphatic carbocycles. The highest BCUT2D eigenvalue weighted by Crippen LogP contribution is 2.24. The molecule has 0 atom stereocenters. The Bertz CT molecular complexity index is 492. The maximum absolute atomic E-state index is 5.85. The number of ether oxygens (including phenoxy) is 1. The van der Waals surface area contributed by atoms with Gasteiger partial charge in [-0.2, -0.15) is 0 Å². The molecule has 1 aromatic heterocycles. The summed E-state index contributed by atoms with van der Waals surface area (Å²) in [7, 11) is 1.60. The van der Waals surface area contributed by atoms with Crippen molar-refractivity contribution in [3.63, 3.8) is 0 Å². The van der Waals surface area contributed by atoms with Gasteiger partial charge < -0.3 is 10.5 Å². The fourth-order valence-electron chi connectivity index (χ4n) is 1.59. The topological polar surface area (TPSA) is 66.0 Å². The second-order valence-corrected chi connectivity index (χ2v) is 3.40. The molecule has 1 aromatic carbocycles. The summed E-state index contributed by atoms with van der Waals surface area (Å²) in [4.78, 5) is 0. The third-order valence-electron chi connectivity index (χ3n) is 2.43. The zero-order valence-corrected chi connectivity index (χ0v) is 9.34. The molecule has 0 radical (unpaired) electrons. The Morgan fingerprint density at radius 2 is 2.25 bits per heavy atom. The van der Waals surface area contributed by atoms with Gasteiger partial charge in [0.1, 0.15) is 17.9 Å². The summed E-state index contributed by atoms with van der Waals surface area (Å²) in [6.07, 6.45) is 2.51. The molecule has 5 heteroatoms. The zero-order chi connectivity index (χ0) is 11.5. The number of benzene rings is 1. The zero-order valence-electron chi connectivity index (χ0n) is 9.34. The maximum Gasteiger partial charge on any atom is 0.141 e. The predicted molar refractivity (Wildman–Crippen MR) is 61.7 cm³/mol. The van der Waals surface area contributed by atoms with Crippen LogP contribution in [0.1, 0.15) is 12.7 Å². The molecule has 0 unspecified atom stereocenters. The van der Waals surface area contributed by atoms with Gasteiger partial charge in [0.2, 0.25) is 0 Å². The summed E-state index contributed by atoms with van der Waals surface area (Å²) in [6.45, 7) is 2.04. The molecule has 0 aliphatic rings.